The number of hydrogen-bond donors (Lipinski definition) is 0. The molecule has 0 atom stereocenters. The fourth-order valence-corrected chi connectivity index (χ4v) is 1.72. The van der Waals surface area contributed by atoms with Crippen LogP contribution >= 0.6 is 0 Å². The second kappa shape index (κ2) is 5.55. The highest BCUT2D eigenvalue weighted by molar-refractivity contribution is 4.71. The van der Waals surface area contributed by atoms with Crippen molar-refractivity contribution < 1.29 is 4.74 Å². The van der Waals surface area contributed by atoms with Crippen molar-refractivity contribution in [3.8, 4) is 0 Å². The number of nitrogens with zero attached hydrogens (tertiary/aromatic N) is 1. The Morgan fingerprint density at radius 1 is 1.33 bits per heavy atom. The SMILES string of the molecule is CCCCN(C)C1CCOCC1. The fourth-order valence-electron chi connectivity index (χ4n) is 1.72. The average Bonchev–Trinajstić information content (AvgIpc) is 2.15. The van der Waals surface area contributed by atoms with Gasteiger partial charge in [-0.2, -0.15) is 0 Å². The monoisotopic (exact) mass is 171 g/mol. The summed E-state index contributed by atoms with van der Waals surface area (Å²) < 4.78 is 5.33. The Morgan fingerprint density at radius 3 is 2.58 bits per heavy atom. The third kappa shape index (κ3) is 3.11. The topological polar surface area (TPSA) is 12.5 Å². The Kier molecular flexibility index (Phi) is 4.62. The molecule has 0 unspecified atom stereocenters. The van der Waals surface area contributed by atoms with E-state index < -0.39 is 0 Å². The van der Waals surface area contributed by atoms with Gasteiger partial charge >= 0.3 is 0 Å². The summed E-state index contributed by atoms with van der Waals surface area (Å²) in [5.74, 6) is 0. The zero-order valence-corrected chi connectivity index (χ0v) is 8.38. The normalized spacial score (nSPS) is 20.2. The number of rotatable bonds is 4. The summed E-state index contributed by atoms with van der Waals surface area (Å²) in [6.45, 7) is 5.42. The predicted molar refractivity (Wildman–Crippen MR) is 51.4 cm³/mol. The molecule has 0 aromatic rings. The highest BCUT2D eigenvalue weighted by Gasteiger charge is 2.17. The third-order valence-electron chi connectivity index (χ3n) is 2.68. The lowest BCUT2D eigenvalue weighted by atomic mass is 10.1. The Bertz CT molecular complexity index is 110. The van der Waals surface area contributed by atoms with Crippen molar-refractivity contribution in [3.63, 3.8) is 0 Å². The second-order valence-corrected chi connectivity index (χ2v) is 3.68. The van der Waals surface area contributed by atoms with Crippen LogP contribution in [0, 0.1) is 0 Å². The summed E-state index contributed by atoms with van der Waals surface area (Å²) >= 11 is 0. The van der Waals surface area contributed by atoms with E-state index >= 15 is 0 Å². The van der Waals surface area contributed by atoms with Crippen molar-refractivity contribution in [3.05, 3.63) is 0 Å². The summed E-state index contributed by atoms with van der Waals surface area (Å²) in [5, 5.41) is 0. The Morgan fingerprint density at radius 2 is 2.00 bits per heavy atom. The highest BCUT2D eigenvalue weighted by Crippen LogP contribution is 2.12. The quantitative estimate of drug-likeness (QED) is 0.640. The predicted octanol–water partition coefficient (Wildman–Crippen LogP) is 1.90. The summed E-state index contributed by atoms with van der Waals surface area (Å²) in [5.41, 5.74) is 0. The van der Waals surface area contributed by atoms with E-state index in [1.807, 2.05) is 0 Å². The van der Waals surface area contributed by atoms with Crippen LogP contribution in [0.2, 0.25) is 0 Å². The van der Waals surface area contributed by atoms with Gasteiger partial charge in [-0.15, -0.1) is 0 Å². The van der Waals surface area contributed by atoms with E-state index in [0.717, 1.165) is 19.3 Å². The van der Waals surface area contributed by atoms with Gasteiger partial charge in [0.1, 0.15) is 0 Å². The van der Waals surface area contributed by atoms with Crippen molar-refractivity contribution in [2.45, 2.75) is 38.6 Å². The standard InChI is InChI=1S/C10H21NO/c1-3-4-7-11(2)10-5-8-12-9-6-10/h10H,3-9H2,1-2H3. The first-order valence-corrected chi connectivity index (χ1v) is 5.12. The van der Waals surface area contributed by atoms with Crippen molar-refractivity contribution >= 4 is 0 Å². The van der Waals surface area contributed by atoms with E-state index in [0.29, 0.717) is 0 Å². The van der Waals surface area contributed by atoms with Gasteiger partial charge in [-0.3, -0.25) is 0 Å². The molecule has 0 aliphatic carbocycles. The minimum Gasteiger partial charge on any atom is -0.381 e. The average molecular weight is 171 g/mol. The smallest absolute Gasteiger partial charge is 0.0480 e. The van der Waals surface area contributed by atoms with Crippen LogP contribution in [0.1, 0.15) is 32.6 Å². The van der Waals surface area contributed by atoms with Gasteiger partial charge in [-0.05, 0) is 32.9 Å². The molecule has 0 radical (unpaired) electrons. The molecule has 72 valence electrons. The Labute approximate surface area is 75.9 Å². The van der Waals surface area contributed by atoms with Crippen LogP contribution in [0.15, 0.2) is 0 Å². The van der Waals surface area contributed by atoms with Gasteiger partial charge in [0.2, 0.25) is 0 Å². The molecule has 2 nitrogen and oxygen atoms in total. The van der Waals surface area contributed by atoms with Crippen LogP contribution in [-0.2, 0) is 4.74 Å². The Hall–Kier alpha value is -0.0800. The maximum Gasteiger partial charge on any atom is 0.0480 e. The zero-order valence-electron chi connectivity index (χ0n) is 8.38. The van der Waals surface area contributed by atoms with Crippen molar-refractivity contribution in [1.82, 2.24) is 4.90 Å². The molecule has 1 rings (SSSR count). The van der Waals surface area contributed by atoms with Crippen molar-refractivity contribution in [2.24, 2.45) is 0 Å². The molecule has 0 N–H and O–H groups in total. The maximum absolute atomic E-state index is 5.33. The minimum atomic E-state index is 0.783. The summed E-state index contributed by atoms with van der Waals surface area (Å²) in [6, 6.07) is 0.783. The molecule has 12 heavy (non-hydrogen) atoms. The first-order valence-electron chi connectivity index (χ1n) is 5.12. The molecule has 0 aromatic carbocycles. The Balaban J connectivity index is 2.15. The molecule has 0 spiro atoms. The van der Waals surface area contributed by atoms with Gasteiger partial charge in [0.05, 0.1) is 0 Å². The lowest BCUT2D eigenvalue weighted by Gasteiger charge is -2.31. The molecule has 1 fully saturated rings. The largest absolute Gasteiger partial charge is 0.381 e. The van der Waals surface area contributed by atoms with E-state index in [4.69, 9.17) is 4.74 Å². The van der Waals surface area contributed by atoms with Crippen molar-refractivity contribution in [2.75, 3.05) is 26.8 Å². The number of ether oxygens (including phenoxy) is 1. The van der Waals surface area contributed by atoms with E-state index in [9.17, 15) is 0 Å². The number of hydrogen-bond acceptors (Lipinski definition) is 2. The summed E-state index contributed by atoms with van der Waals surface area (Å²) in [4.78, 5) is 2.49. The molecule has 0 bridgehead atoms. The molecular formula is C10H21NO. The first kappa shape index (κ1) is 10.0. The molecule has 0 saturated carbocycles. The molecule has 1 heterocycles. The van der Waals surface area contributed by atoms with Crippen LogP contribution in [0.3, 0.4) is 0 Å². The van der Waals surface area contributed by atoms with Crippen LogP contribution in [0.4, 0.5) is 0 Å². The maximum atomic E-state index is 5.33. The van der Waals surface area contributed by atoms with E-state index in [1.54, 1.807) is 0 Å². The van der Waals surface area contributed by atoms with E-state index in [1.165, 1.54) is 32.2 Å². The molecule has 2 heteroatoms. The van der Waals surface area contributed by atoms with Crippen LogP contribution in [0.5, 0.6) is 0 Å². The van der Waals surface area contributed by atoms with Gasteiger partial charge in [0.25, 0.3) is 0 Å². The molecular weight excluding hydrogens is 150 g/mol. The lowest BCUT2D eigenvalue weighted by molar-refractivity contribution is 0.0427. The lowest BCUT2D eigenvalue weighted by Crippen LogP contribution is -2.37. The molecule has 0 amide bonds. The van der Waals surface area contributed by atoms with Crippen molar-refractivity contribution in [1.29, 1.82) is 0 Å². The van der Waals surface area contributed by atoms with Crippen LogP contribution < -0.4 is 0 Å². The van der Waals surface area contributed by atoms with Crippen LogP contribution in [-0.4, -0.2) is 37.7 Å². The van der Waals surface area contributed by atoms with E-state index in [-0.39, 0.29) is 0 Å². The first-order chi connectivity index (χ1) is 5.84. The third-order valence-corrected chi connectivity index (χ3v) is 2.68. The zero-order chi connectivity index (χ0) is 8.81. The van der Waals surface area contributed by atoms with Gasteiger partial charge in [-0.25, -0.2) is 0 Å². The summed E-state index contributed by atoms with van der Waals surface area (Å²) in [6.07, 6.45) is 5.07. The van der Waals surface area contributed by atoms with E-state index in [2.05, 4.69) is 18.9 Å². The molecule has 1 saturated heterocycles. The summed E-state index contributed by atoms with van der Waals surface area (Å²) in [7, 11) is 2.24. The fraction of sp³-hybridized carbons (Fsp3) is 1.00. The minimum absolute atomic E-state index is 0.783. The van der Waals surface area contributed by atoms with Gasteiger partial charge in [0.15, 0.2) is 0 Å². The van der Waals surface area contributed by atoms with Gasteiger partial charge in [0, 0.05) is 19.3 Å². The highest BCUT2D eigenvalue weighted by atomic mass is 16.5. The van der Waals surface area contributed by atoms with Gasteiger partial charge < -0.3 is 9.64 Å². The van der Waals surface area contributed by atoms with Crippen LogP contribution in [0.25, 0.3) is 0 Å². The second-order valence-electron chi connectivity index (χ2n) is 3.68. The van der Waals surface area contributed by atoms with Gasteiger partial charge in [-0.1, -0.05) is 13.3 Å². The number of unbranched alkanes of at least 4 members (excludes halogenated alkanes) is 1. The molecule has 0 aromatic heterocycles. The molecule has 1 aliphatic rings. The molecule has 1 aliphatic heterocycles.